The summed E-state index contributed by atoms with van der Waals surface area (Å²) in [7, 11) is 3.34. The summed E-state index contributed by atoms with van der Waals surface area (Å²) in [4.78, 5) is 14.6. The zero-order valence-corrected chi connectivity index (χ0v) is 22.2. The van der Waals surface area contributed by atoms with Crippen molar-refractivity contribution >= 4 is 11.7 Å². The largest absolute Gasteiger partial charge is 0.496 e. The van der Waals surface area contributed by atoms with E-state index < -0.39 is 23.9 Å². The summed E-state index contributed by atoms with van der Waals surface area (Å²) in [6.45, 7) is 2.65. The highest BCUT2D eigenvalue weighted by atomic mass is 16.6. The first-order valence-corrected chi connectivity index (χ1v) is 13.2. The van der Waals surface area contributed by atoms with E-state index in [4.69, 9.17) is 18.9 Å². The van der Waals surface area contributed by atoms with Gasteiger partial charge in [0.15, 0.2) is 6.23 Å². The van der Waals surface area contributed by atoms with Gasteiger partial charge in [-0.2, -0.15) is 0 Å². The van der Waals surface area contributed by atoms with Crippen molar-refractivity contribution in [2.45, 2.75) is 57.1 Å². The zero-order valence-electron chi connectivity index (χ0n) is 22.2. The van der Waals surface area contributed by atoms with Crippen LogP contribution in [0.3, 0.4) is 0 Å². The van der Waals surface area contributed by atoms with Gasteiger partial charge in [0.1, 0.15) is 23.7 Å². The van der Waals surface area contributed by atoms with E-state index in [0.29, 0.717) is 18.5 Å². The number of nitrogens with zero attached hydrogens (tertiary/aromatic N) is 1. The number of anilines is 1. The number of hydrogen-bond donors (Lipinski definition) is 1. The van der Waals surface area contributed by atoms with E-state index in [-0.39, 0.29) is 6.61 Å². The molecule has 0 amide bonds. The lowest BCUT2D eigenvalue weighted by atomic mass is 9.91. The Labute approximate surface area is 223 Å². The van der Waals surface area contributed by atoms with E-state index in [1.165, 1.54) is 0 Å². The van der Waals surface area contributed by atoms with Gasteiger partial charge in [0.25, 0.3) is 0 Å². The molecule has 0 aliphatic carbocycles. The van der Waals surface area contributed by atoms with Gasteiger partial charge in [0.2, 0.25) is 0 Å². The van der Waals surface area contributed by atoms with Crippen LogP contribution in [0.25, 0.3) is 0 Å². The molecule has 38 heavy (non-hydrogen) atoms. The topological polar surface area (TPSA) is 77.5 Å². The Balaban J connectivity index is 1.42. The number of rotatable bonds is 10. The third kappa shape index (κ3) is 4.72. The van der Waals surface area contributed by atoms with Crippen LogP contribution in [0.5, 0.6) is 11.5 Å². The first-order valence-electron chi connectivity index (χ1n) is 13.2. The van der Waals surface area contributed by atoms with E-state index in [1.54, 1.807) is 38.5 Å². The van der Waals surface area contributed by atoms with Crippen LogP contribution in [-0.2, 0) is 28.0 Å². The molecule has 0 radical (unpaired) electrons. The smallest absolute Gasteiger partial charge is 0.338 e. The summed E-state index contributed by atoms with van der Waals surface area (Å²) < 4.78 is 23.6. The molecule has 5 rings (SSSR count). The molecule has 0 spiro atoms. The number of ether oxygens (including phenoxy) is 4. The van der Waals surface area contributed by atoms with Crippen LogP contribution in [0.15, 0.2) is 66.7 Å². The maximum atomic E-state index is 12.5. The van der Waals surface area contributed by atoms with E-state index in [2.05, 4.69) is 17.9 Å². The highest BCUT2D eigenvalue weighted by Crippen LogP contribution is 2.52. The number of fused-ring (bicyclic) bond motifs is 3. The van der Waals surface area contributed by atoms with E-state index >= 15 is 0 Å². The van der Waals surface area contributed by atoms with E-state index in [0.717, 1.165) is 53.1 Å². The molecule has 2 aliphatic heterocycles. The highest BCUT2D eigenvalue weighted by Gasteiger charge is 2.57. The van der Waals surface area contributed by atoms with Crippen molar-refractivity contribution in [2.75, 3.05) is 25.7 Å². The Bertz CT molecular complexity index is 1280. The Morgan fingerprint density at radius 1 is 1.05 bits per heavy atom. The van der Waals surface area contributed by atoms with Crippen LogP contribution < -0.4 is 14.4 Å². The zero-order chi connectivity index (χ0) is 26.7. The fourth-order valence-electron chi connectivity index (χ4n) is 5.66. The molecule has 3 aromatic carbocycles. The summed E-state index contributed by atoms with van der Waals surface area (Å²) in [5.41, 5.74) is 3.00. The number of carbonyl (C=O) groups excluding carboxylic acids is 1. The summed E-state index contributed by atoms with van der Waals surface area (Å²) in [5, 5.41) is 11.9. The number of aryl methyl sites for hydroxylation is 1. The van der Waals surface area contributed by atoms with Crippen molar-refractivity contribution in [3.8, 4) is 11.5 Å². The lowest BCUT2D eigenvalue weighted by Gasteiger charge is -2.30. The Morgan fingerprint density at radius 3 is 2.55 bits per heavy atom. The molecule has 0 bridgehead atoms. The molecule has 1 fully saturated rings. The van der Waals surface area contributed by atoms with Gasteiger partial charge in [-0.05, 0) is 42.7 Å². The van der Waals surface area contributed by atoms with Gasteiger partial charge in [-0.1, -0.05) is 55.8 Å². The van der Waals surface area contributed by atoms with Crippen LogP contribution in [-0.4, -0.2) is 44.2 Å². The van der Waals surface area contributed by atoms with Gasteiger partial charge in [0.05, 0.1) is 38.0 Å². The Morgan fingerprint density at radius 2 is 1.82 bits per heavy atom. The molecule has 3 aromatic rings. The number of para-hydroxylation sites is 1. The summed E-state index contributed by atoms with van der Waals surface area (Å²) in [5.74, 6) is 1.12. The van der Waals surface area contributed by atoms with Gasteiger partial charge < -0.3 is 29.0 Å². The van der Waals surface area contributed by atoms with Crippen molar-refractivity contribution in [1.29, 1.82) is 0 Å². The van der Waals surface area contributed by atoms with Gasteiger partial charge in [-0.15, -0.1) is 0 Å². The molecule has 1 unspecified atom stereocenters. The van der Waals surface area contributed by atoms with E-state index in [9.17, 15) is 9.90 Å². The fraction of sp³-hybridized carbons (Fsp3) is 0.387. The molecule has 2 aliphatic rings. The monoisotopic (exact) mass is 517 g/mol. The average molecular weight is 518 g/mol. The van der Waals surface area contributed by atoms with Crippen molar-refractivity contribution in [2.24, 2.45) is 0 Å². The molecule has 1 saturated heterocycles. The molecule has 2 heterocycles. The van der Waals surface area contributed by atoms with Gasteiger partial charge >= 0.3 is 5.97 Å². The van der Waals surface area contributed by atoms with Crippen LogP contribution in [0.1, 0.15) is 53.2 Å². The molecule has 0 aromatic heterocycles. The third-order valence-corrected chi connectivity index (χ3v) is 7.49. The minimum absolute atomic E-state index is 0.0572. The second-order valence-corrected chi connectivity index (χ2v) is 9.89. The molecule has 3 atom stereocenters. The number of unbranched alkanes of at least 4 members (excludes halogenated alkanes) is 1. The number of benzene rings is 3. The normalized spacial score (nSPS) is 21.6. The van der Waals surface area contributed by atoms with Crippen molar-refractivity contribution in [1.82, 2.24) is 0 Å². The molecular formula is C31H35NO6. The lowest BCUT2D eigenvalue weighted by molar-refractivity contribution is -0.0510. The maximum Gasteiger partial charge on any atom is 0.338 e. The summed E-state index contributed by atoms with van der Waals surface area (Å²) in [6, 6.07) is 20.7. The minimum atomic E-state index is -1.24. The standard InChI is InChI=1S/C31H35NO6/c1-4-5-11-21-16-17-27(35-2)24(28(21)36-3)19-32-26-15-10-9-14-25(26)31(34)18-23(38-30(31)32)20-37-29(33)22-12-7-6-8-13-22/h6-10,12-17,23,30,34H,4-5,11,18-20H2,1-3H3/t23?,30-,31+/m0/s1. The second kappa shape index (κ2) is 11.1. The van der Waals surface area contributed by atoms with Gasteiger partial charge in [-0.25, -0.2) is 4.79 Å². The number of hydrogen-bond acceptors (Lipinski definition) is 7. The van der Waals surface area contributed by atoms with Crippen molar-refractivity contribution in [3.05, 3.63) is 89.0 Å². The predicted octanol–water partition coefficient (Wildman–Crippen LogP) is 5.23. The van der Waals surface area contributed by atoms with Crippen LogP contribution in [0.4, 0.5) is 5.69 Å². The summed E-state index contributed by atoms with van der Waals surface area (Å²) in [6.07, 6.45) is 2.28. The van der Waals surface area contributed by atoms with Crippen LogP contribution >= 0.6 is 0 Å². The maximum absolute atomic E-state index is 12.5. The predicted molar refractivity (Wildman–Crippen MR) is 145 cm³/mol. The molecule has 0 saturated carbocycles. The average Bonchev–Trinajstić information content (AvgIpc) is 3.40. The van der Waals surface area contributed by atoms with E-state index in [1.807, 2.05) is 36.4 Å². The molecule has 7 heteroatoms. The lowest BCUT2D eigenvalue weighted by Crippen LogP contribution is -2.41. The molecule has 1 N–H and O–H groups in total. The highest BCUT2D eigenvalue weighted by molar-refractivity contribution is 5.89. The van der Waals surface area contributed by atoms with Crippen molar-refractivity contribution < 1.29 is 28.8 Å². The SMILES string of the molecule is CCCCc1ccc(OC)c(CN2c3ccccc3[C@]3(O)CC(COC(=O)c4ccccc4)O[C@H]23)c1OC. The van der Waals surface area contributed by atoms with Gasteiger partial charge in [-0.3, -0.25) is 0 Å². The van der Waals surface area contributed by atoms with Crippen LogP contribution in [0, 0.1) is 0 Å². The van der Waals surface area contributed by atoms with Crippen molar-refractivity contribution in [3.63, 3.8) is 0 Å². The summed E-state index contributed by atoms with van der Waals surface area (Å²) >= 11 is 0. The molecule has 7 nitrogen and oxygen atoms in total. The molecular weight excluding hydrogens is 482 g/mol. The number of aliphatic hydroxyl groups is 1. The number of methoxy groups -OCH3 is 2. The Hall–Kier alpha value is -3.55. The minimum Gasteiger partial charge on any atom is -0.496 e. The second-order valence-electron chi connectivity index (χ2n) is 9.89. The number of esters is 1. The Kier molecular flexibility index (Phi) is 7.58. The third-order valence-electron chi connectivity index (χ3n) is 7.49. The quantitative estimate of drug-likeness (QED) is 0.369. The molecule has 200 valence electrons. The first kappa shape index (κ1) is 26.1. The van der Waals surface area contributed by atoms with Gasteiger partial charge in [0, 0.05) is 17.7 Å². The fourth-order valence-corrected chi connectivity index (χ4v) is 5.66. The first-order chi connectivity index (χ1) is 18.5. The van der Waals surface area contributed by atoms with Crippen LogP contribution in [0.2, 0.25) is 0 Å². The number of carbonyl (C=O) groups is 1.